The van der Waals surface area contributed by atoms with E-state index in [0.717, 1.165) is 9.66 Å². The molecule has 3 rings (SSSR count). The summed E-state index contributed by atoms with van der Waals surface area (Å²) in [6.07, 6.45) is 0. The Bertz CT molecular complexity index is 1110. The Morgan fingerprint density at radius 2 is 1.67 bits per heavy atom. The minimum Gasteiger partial charge on any atom is -0.378 e. The van der Waals surface area contributed by atoms with Crippen molar-refractivity contribution in [3.05, 3.63) is 53.6 Å². The molecule has 27 heavy (non-hydrogen) atoms. The number of ketones is 1. The predicted octanol–water partition coefficient (Wildman–Crippen LogP) is 2.50. The highest BCUT2D eigenvalue weighted by Gasteiger charge is 2.25. The average Bonchev–Trinajstić information content (AvgIpc) is 2.96. The molecule has 7 nitrogen and oxygen atoms in total. The summed E-state index contributed by atoms with van der Waals surface area (Å²) in [4.78, 5) is 18.9. The number of carbonyl (C=O) groups is 1. The molecule has 0 bridgehead atoms. The summed E-state index contributed by atoms with van der Waals surface area (Å²) in [5, 5.41) is -0.671. The van der Waals surface area contributed by atoms with E-state index in [0.29, 0.717) is 22.2 Å². The van der Waals surface area contributed by atoms with Gasteiger partial charge in [-0.05, 0) is 56.3 Å². The van der Waals surface area contributed by atoms with Crippen molar-refractivity contribution in [2.75, 3.05) is 24.7 Å². The molecule has 0 aliphatic heterocycles. The van der Waals surface area contributed by atoms with E-state index in [-0.39, 0.29) is 11.7 Å². The fraction of sp³-hybridized carbons (Fsp3) is 0.263. The molecule has 1 heterocycles. The molecular formula is C19H22N4O3S. The molecule has 0 aliphatic rings. The van der Waals surface area contributed by atoms with E-state index in [1.165, 1.54) is 6.07 Å². The van der Waals surface area contributed by atoms with E-state index >= 15 is 0 Å². The first-order valence-electron chi connectivity index (χ1n) is 8.47. The first-order chi connectivity index (χ1) is 12.6. The Balaban J connectivity index is 2.10. The normalized spacial score (nSPS) is 11.9. The topological polar surface area (TPSA) is 98.3 Å². The third-order valence-corrected chi connectivity index (χ3v) is 6.48. The molecule has 1 aromatic heterocycles. The lowest BCUT2D eigenvalue weighted by Gasteiger charge is -2.13. The maximum atomic E-state index is 12.8. The van der Waals surface area contributed by atoms with Crippen molar-refractivity contribution in [3.63, 3.8) is 0 Å². The van der Waals surface area contributed by atoms with Gasteiger partial charge in [0.2, 0.25) is 16.0 Å². The Morgan fingerprint density at radius 3 is 2.22 bits per heavy atom. The van der Waals surface area contributed by atoms with Gasteiger partial charge in [0.15, 0.2) is 5.78 Å². The van der Waals surface area contributed by atoms with Crippen LogP contribution in [0.15, 0.2) is 42.5 Å². The number of rotatable bonds is 5. The van der Waals surface area contributed by atoms with Crippen molar-refractivity contribution in [1.29, 1.82) is 0 Å². The molecular weight excluding hydrogens is 364 g/mol. The second kappa shape index (κ2) is 6.70. The van der Waals surface area contributed by atoms with E-state index in [2.05, 4.69) is 4.98 Å². The molecule has 0 fully saturated rings. The van der Waals surface area contributed by atoms with Crippen molar-refractivity contribution in [2.45, 2.75) is 19.1 Å². The lowest BCUT2D eigenvalue weighted by Crippen LogP contribution is -2.23. The first kappa shape index (κ1) is 18.9. The zero-order valence-corrected chi connectivity index (χ0v) is 16.5. The van der Waals surface area contributed by atoms with Crippen LogP contribution in [0.2, 0.25) is 0 Å². The number of carbonyl (C=O) groups excluding carboxylic acids is 1. The van der Waals surface area contributed by atoms with Crippen LogP contribution in [0.25, 0.3) is 11.0 Å². The van der Waals surface area contributed by atoms with Crippen LogP contribution in [0.5, 0.6) is 0 Å². The standard InChI is InChI=1S/C19H22N4O3S/c1-12(2)27(25,26)23-17-11-14(7-10-16(17)21-19(23)20)18(24)13-5-8-15(9-6-13)22(3)4/h5-12H,1-4H3,(H2,20,21). The molecule has 0 radical (unpaired) electrons. The summed E-state index contributed by atoms with van der Waals surface area (Å²) in [6, 6.07) is 12.0. The smallest absolute Gasteiger partial charge is 0.244 e. The number of imidazole rings is 1. The van der Waals surface area contributed by atoms with Crippen molar-refractivity contribution in [1.82, 2.24) is 8.96 Å². The SMILES string of the molecule is CC(C)S(=O)(=O)n1c(N)nc2ccc(C(=O)c3ccc(N(C)C)cc3)cc21. The molecule has 0 amide bonds. The van der Waals surface area contributed by atoms with Crippen LogP contribution < -0.4 is 10.6 Å². The van der Waals surface area contributed by atoms with E-state index in [9.17, 15) is 13.2 Å². The minimum atomic E-state index is -3.70. The highest BCUT2D eigenvalue weighted by Crippen LogP contribution is 2.25. The largest absolute Gasteiger partial charge is 0.378 e. The number of hydrogen-bond acceptors (Lipinski definition) is 6. The molecule has 3 aromatic rings. The third-order valence-electron chi connectivity index (χ3n) is 4.40. The number of nitrogens with two attached hydrogens (primary N) is 1. The summed E-state index contributed by atoms with van der Waals surface area (Å²) in [6.45, 7) is 3.14. The van der Waals surface area contributed by atoms with Crippen LogP contribution in [0.4, 0.5) is 11.6 Å². The van der Waals surface area contributed by atoms with Gasteiger partial charge in [-0.1, -0.05) is 0 Å². The van der Waals surface area contributed by atoms with E-state index < -0.39 is 15.3 Å². The van der Waals surface area contributed by atoms with Crippen LogP contribution in [0, 0.1) is 0 Å². The second-order valence-electron chi connectivity index (χ2n) is 6.80. The van der Waals surface area contributed by atoms with Gasteiger partial charge in [-0.2, -0.15) is 0 Å². The quantitative estimate of drug-likeness (QED) is 0.677. The molecule has 8 heteroatoms. The zero-order valence-electron chi connectivity index (χ0n) is 15.7. The number of fused-ring (bicyclic) bond motifs is 1. The maximum absolute atomic E-state index is 12.8. The molecule has 142 valence electrons. The van der Waals surface area contributed by atoms with Crippen LogP contribution in [-0.4, -0.2) is 42.5 Å². The van der Waals surface area contributed by atoms with Gasteiger partial charge in [0.25, 0.3) is 0 Å². The van der Waals surface area contributed by atoms with Gasteiger partial charge in [0, 0.05) is 30.9 Å². The van der Waals surface area contributed by atoms with Crippen LogP contribution in [0.3, 0.4) is 0 Å². The lowest BCUT2D eigenvalue weighted by atomic mass is 10.0. The number of anilines is 2. The van der Waals surface area contributed by atoms with Crippen LogP contribution in [0.1, 0.15) is 29.8 Å². The molecule has 2 aromatic carbocycles. The molecule has 0 atom stereocenters. The van der Waals surface area contributed by atoms with Gasteiger partial charge < -0.3 is 10.6 Å². The fourth-order valence-corrected chi connectivity index (χ4v) is 3.91. The van der Waals surface area contributed by atoms with Crippen LogP contribution in [-0.2, 0) is 10.0 Å². The number of benzene rings is 2. The number of nitrogen functional groups attached to an aromatic ring is 1. The summed E-state index contributed by atoms with van der Waals surface area (Å²) < 4.78 is 26.3. The summed E-state index contributed by atoms with van der Waals surface area (Å²) >= 11 is 0. The molecule has 0 aliphatic carbocycles. The van der Waals surface area contributed by atoms with Gasteiger partial charge in [0.1, 0.15) is 0 Å². The summed E-state index contributed by atoms with van der Waals surface area (Å²) in [7, 11) is 0.143. The van der Waals surface area contributed by atoms with Crippen molar-refractivity contribution >= 4 is 38.5 Å². The van der Waals surface area contributed by atoms with Crippen molar-refractivity contribution < 1.29 is 13.2 Å². The van der Waals surface area contributed by atoms with Crippen molar-refractivity contribution in [3.8, 4) is 0 Å². The molecule has 0 saturated heterocycles. The number of aromatic nitrogens is 2. The molecule has 0 unspecified atom stereocenters. The van der Waals surface area contributed by atoms with Gasteiger partial charge in [-0.15, -0.1) is 0 Å². The van der Waals surface area contributed by atoms with Gasteiger partial charge in [0.05, 0.1) is 16.3 Å². The lowest BCUT2D eigenvalue weighted by molar-refractivity contribution is 0.103. The van der Waals surface area contributed by atoms with E-state index in [1.54, 1.807) is 38.1 Å². The summed E-state index contributed by atoms with van der Waals surface area (Å²) in [5.41, 5.74) is 8.45. The third kappa shape index (κ3) is 3.28. The first-order valence-corrected chi connectivity index (χ1v) is 9.97. The van der Waals surface area contributed by atoms with E-state index in [1.807, 2.05) is 31.1 Å². The Labute approximate surface area is 158 Å². The Morgan fingerprint density at radius 1 is 1.07 bits per heavy atom. The van der Waals surface area contributed by atoms with Crippen LogP contribution >= 0.6 is 0 Å². The summed E-state index contributed by atoms with van der Waals surface area (Å²) in [5.74, 6) is -0.311. The van der Waals surface area contributed by atoms with Crippen molar-refractivity contribution in [2.24, 2.45) is 0 Å². The molecule has 0 saturated carbocycles. The molecule has 0 spiro atoms. The van der Waals surface area contributed by atoms with E-state index in [4.69, 9.17) is 5.73 Å². The van der Waals surface area contributed by atoms with Gasteiger partial charge in [-0.25, -0.2) is 17.4 Å². The van der Waals surface area contributed by atoms with Gasteiger partial charge >= 0.3 is 0 Å². The Hall–Kier alpha value is -2.87. The second-order valence-corrected chi connectivity index (χ2v) is 9.14. The predicted molar refractivity (Wildman–Crippen MR) is 108 cm³/mol. The monoisotopic (exact) mass is 386 g/mol. The maximum Gasteiger partial charge on any atom is 0.244 e. The minimum absolute atomic E-state index is 0.112. The van der Waals surface area contributed by atoms with Gasteiger partial charge in [-0.3, -0.25) is 4.79 Å². The Kier molecular flexibility index (Phi) is 4.69. The highest BCUT2D eigenvalue weighted by atomic mass is 32.2. The zero-order chi connectivity index (χ0) is 19.9. The molecule has 2 N–H and O–H groups in total. The fourth-order valence-electron chi connectivity index (χ4n) is 2.77. The highest BCUT2D eigenvalue weighted by molar-refractivity contribution is 7.90. The number of hydrogen-bond donors (Lipinski definition) is 1. The average molecular weight is 386 g/mol. The number of nitrogens with zero attached hydrogens (tertiary/aromatic N) is 3.